The molecule has 26 heavy (non-hydrogen) atoms. The third kappa shape index (κ3) is 4.12. The number of anilines is 2. The van der Waals surface area contributed by atoms with Crippen molar-refractivity contribution < 1.29 is 8.42 Å². The molecule has 136 valence electrons. The van der Waals surface area contributed by atoms with Crippen molar-refractivity contribution in [2.45, 2.75) is 11.4 Å². The highest BCUT2D eigenvalue weighted by Crippen LogP contribution is 2.31. The number of pyridine rings is 2. The van der Waals surface area contributed by atoms with E-state index in [0.717, 1.165) is 24.1 Å². The largest absolute Gasteiger partial charge is 0.353 e. The van der Waals surface area contributed by atoms with Crippen LogP contribution in [0.2, 0.25) is 5.15 Å². The van der Waals surface area contributed by atoms with Crippen molar-refractivity contribution in [3.8, 4) is 0 Å². The minimum atomic E-state index is -3.50. The maximum atomic E-state index is 12.2. The molecule has 0 unspecified atom stereocenters. The van der Waals surface area contributed by atoms with Gasteiger partial charge in [0.05, 0.1) is 11.2 Å². The Hall–Kier alpha value is -2.22. The average Bonchev–Trinajstić information content (AvgIpc) is 2.55. The molecule has 0 aliphatic rings. The fraction of sp³-hybridized carbons (Fsp3) is 0.222. The summed E-state index contributed by atoms with van der Waals surface area (Å²) in [7, 11) is 0.509. The lowest BCUT2D eigenvalue weighted by atomic mass is 10.2. The zero-order valence-electron chi connectivity index (χ0n) is 14.7. The molecule has 0 bridgehead atoms. The lowest BCUT2D eigenvalue weighted by Gasteiger charge is -2.14. The molecule has 0 aliphatic heterocycles. The van der Waals surface area contributed by atoms with Crippen LogP contribution in [0.15, 0.2) is 47.5 Å². The number of nitrogens with zero attached hydrogens (tertiary/aromatic N) is 3. The van der Waals surface area contributed by atoms with Crippen LogP contribution in [0, 0.1) is 0 Å². The van der Waals surface area contributed by atoms with Gasteiger partial charge in [0.2, 0.25) is 0 Å². The van der Waals surface area contributed by atoms with Gasteiger partial charge in [0.1, 0.15) is 15.6 Å². The standard InChI is InChI=1S/C18H19ClN4O2S/c1-23(2)11-12-4-6-13(7-5-12)21-18-15(26(3,24)25)10-20-14-8-9-16(19)22-17(14)18/h4-10H,11H2,1-3H3,(H,20,21). The second-order valence-corrected chi connectivity index (χ2v) is 8.70. The van der Waals surface area contributed by atoms with Crippen LogP contribution < -0.4 is 5.32 Å². The van der Waals surface area contributed by atoms with Crippen molar-refractivity contribution >= 4 is 43.8 Å². The third-order valence-corrected chi connectivity index (χ3v) is 5.08. The van der Waals surface area contributed by atoms with Gasteiger partial charge in [-0.05, 0) is 43.9 Å². The molecule has 3 aromatic rings. The van der Waals surface area contributed by atoms with Gasteiger partial charge in [-0.1, -0.05) is 23.7 Å². The minimum absolute atomic E-state index is 0.0807. The van der Waals surface area contributed by atoms with E-state index in [-0.39, 0.29) is 10.0 Å². The molecule has 1 N–H and O–H groups in total. The van der Waals surface area contributed by atoms with E-state index in [1.807, 2.05) is 38.4 Å². The van der Waals surface area contributed by atoms with E-state index in [0.29, 0.717) is 16.7 Å². The number of nitrogens with one attached hydrogen (secondary N) is 1. The maximum absolute atomic E-state index is 12.2. The molecule has 0 saturated carbocycles. The molecule has 0 radical (unpaired) electrons. The first-order valence-electron chi connectivity index (χ1n) is 7.90. The topological polar surface area (TPSA) is 75.2 Å². The fourth-order valence-corrected chi connectivity index (χ4v) is 3.54. The summed E-state index contributed by atoms with van der Waals surface area (Å²) in [6.07, 6.45) is 2.49. The monoisotopic (exact) mass is 390 g/mol. The number of sulfone groups is 1. The summed E-state index contributed by atoms with van der Waals surface area (Å²) < 4.78 is 24.4. The van der Waals surface area contributed by atoms with Crippen LogP contribution >= 0.6 is 11.6 Å². The summed E-state index contributed by atoms with van der Waals surface area (Å²) in [5.41, 5.74) is 3.27. The lowest BCUT2D eigenvalue weighted by Crippen LogP contribution is -2.10. The van der Waals surface area contributed by atoms with Gasteiger partial charge in [0.25, 0.3) is 0 Å². The van der Waals surface area contributed by atoms with Crippen LogP contribution in [0.1, 0.15) is 5.56 Å². The Morgan fingerprint density at radius 2 is 1.81 bits per heavy atom. The number of halogens is 1. The highest BCUT2D eigenvalue weighted by molar-refractivity contribution is 7.90. The minimum Gasteiger partial charge on any atom is -0.353 e. The van der Waals surface area contributed by atoms with E-state index in [1.54, 1.807) is 12.1 Å². The predicted octanol–water partition coefficient (Wildman–Crippen LogP) is 3.49. The van der Waals surface area contributed by atoms with Crippen LogP contribution in [0.5, 0.6) is 0 Å². The van der Waals surface area contributed by atoms with Gasteiger partial charge in [-0.3, -0.25) is 4.98 Å². The van der Waals surface area contributed by atoms with Crippen molar-refractivity contribution in [1.82, 2.24) is 14.9 Å². The van der Waals surface area contributed by atoms with Gasteiger partial charge in [0.15, 0.2) is 9.84 Å². The van der Waals surface area contributed by atoms with E-state index < -0.39 is 9.84 Å². The summed E-state index contributed by atoms with van der Waals surface area (Å²) in [6, 6.07) is 11.1. The Balaban J connectivity index is 2.09. The van der Waals surface area contributed by atoms with Crippen LogP contribution in [-0.2, 0) is 16.4 Å². The second kappa shape index (κ2) is 7.19. The van der Waals surface area contributed by atoms with Gasteiger partial charge < -0.3 is 10.2 Å². The normalized spacial score (nSPS) is 11.9. The molecule has 3 rings (SSSR count). The Kier molecular flexibility index (Phi) is 5.13. The number of benzene rings is 1. The van der Waals surface area contributed by atoms with E-state index in [4.69, 9.17) is 11.6 Å². The fourth-order valence-electron chi connectivity index (χ4n) is 2.63. The molecule has 0 spiro atoms. The Morgan fingerprint density at radius 1 is 1.12 bits per heavy atom. The Morgan fingerprint density at radius 3 is 2.42 bits per heavy atom. The van der Waals surface area contributed by atoms with E-state index in [1.165, 1.54) is 6.20 Å². The Bertz CT molecular complexity index is 1050. The molecule has 0 amide bonds. The number of rotatable bonds is 5. The summed E-state index contributed by atoms with van der Waals surface area (Å²) in [6.45, 7) is 0.824. The van der Waals surface area contributed by atoms with Crippen LogP contribution in [0.4, 0.5) is 11.4 Å². The molecule has 2 heterocycles. The van der Waals surface area contributed by atoms with E-state index in [9.17, 15) is 8.42 Å². The second-order valence-electron chi connectivity index (χ2n) is 6.33. The van der Waals surface area contributed by atoms with Crippen molar-refractivity contribution in [2.75, 3.05) is 25.7 Å². The SMILES string of the molecule is CN(C)Cc1ccc(Nc2c(S(C)(=O)=O)cnc3ccc(Cl)nc23)cc1. The molecular formula is C18H19ClN4O2S. The number of hydrogen-bond acceptors (Lipinski definition) is 6. The van der Waals surface area contributed by atoms with E-state index >= 15 is 0 Å². The van der Waals surface area contributed by atoms with Gasteiger partial charge in [-0.25, -0.2) is 13.4 Å². The molecule has 1 aromatic carbocycles. The molecule has 0 fully saturated rings. The molecule has 0 saturated heterocycles. The predicted molar refractivity (Wildman–Crippen MR) is 105 cm³/mol. The summed E-state index contributed by atoms with van der Waals surface area (Å²) in [5.74, 6) is 0. The first kappa shape index (κ1) is 18.6. The van der Waals surface area contributed by atoms with Crippen LogP contribution in [0.25, 0.3) is 11.0 Å². The van der Waals surface area contributed by atoms with Crippen LogP contribution in [-0.4, -0.2) is 43.6 Å². The number of hydrogen-bond donors (Lipinski definition) is 1. The van der Waals surface area contributed by atoms with Crippen molar-refractivity contribution in [2.24, 2.45) is 0 Å². The Labute approximate surface area is 157 Å². The van der Waals surface area contributed by atoms with Crippen molar-refractivity contribution in [3.05, 3.63) is 53.3 Å². The molecule has 0 aliphatic carbocycles. The first-order valence-corrected chi connectivity index (χ1v) is 10.2. The van der Waals surface area contributed by atoms with Gasteiger partial charge in [0, 0.05) is 24.7 Å². The lowest BCUT2D eigenvalue weighted by molar-refractivity contribution is 0.402. The quantitative estimate of drug-likeness (QED) is 0.672. The highest BCUT2D eigenvalue weighted by atomic mass is 35.5. The smallest absolute Gasteiger partial charge is 0.179 e. The zero-order chi connectivity index (χ0) is 18.9. The third-order valence-electron chi connectivity index (χ3n) is 3.77. The summed E-state index contributed by atoms with van der Waals surface area (Å²) in [5, 5.41) is 3.45. The van der Waals surface area contributed by atoms with Gasteiger partial charge >= 0.3 is 0 Å². The molecule has 8 heteroatoms. The molecule has 6 nitrogen and oxygen atoms in total. The van der Waals surface area contributed by atoms with Gasteiger partial charge in [-0.2, -0.15) is 0 Å². The highest BCUT2D eigenvalue weighted by Gasteiger charge is 2.19. The number of aromatic nitrogens is 2. The summed E-state index contributed by atoms with van der Waals surface area (Å²) in [4.78, 5) is 10.6. The molecule has 2 aromatic heterocycles. The average molecular weight is 391 g/mol. The van der Waals surface area contributed by atoms with E-state index in [2.05, 4.69) is 20.2 Å². The number of fused-ring (bicyclic) bond motifs is 1. The molecule has 0 atom stereocenters. The van der Waals surface area contributed by atoms with Crippen molar-refractivity contribution in [1.29, 1.82) is 0 Å². The maximum Gasteiger partial charge on any atom is 0.179 e. The van der Waals surface area contributed by atoms with Gasteiger partial charge in [-0.15, -0.1) is 0 Å². The van der Waals surface area contributed by atoms with Crippen molar-refractivity contribution in [3.63, 3.8) is 0 Å². The zero-order valence-corrected chi connectivity index (χ0v) is 16.3. The summed E-state index contributed by atoms with van der Waals surface area (Å²) >= 11 is 6.01. The van der Waals surface area contributed by atoms with Crippen LogP contribution in [0.3, 0.4) is 0 Å². The first-order chi connectivity index (χ1) is 12.2. The molecular weight excluding hydrogens is 372 g/mol.